The Morgan fingerprint density at radius 2 is 2.10 bits per heavy atom. The number of carbonyl (C=O) groups is 1. The largest absolute Gasteiger partial charge is 0.495 e. The van der Waals surface area contributed by atoms with E-state index in [1.165, 1.54) is 11.8 Å². The highest BCUT2D eigenvalue weighted by Gasteiger charge is 2.16. The normalized spacial score (nSPS) is 10.9. The van der Waals surface area contributed by atoms with Crippen LogP contribution in [-0.4, -0.2) is 38.5 Å². The van der Waals surface area contributed by atoms with E-state index >= 15 is 0 Å². The van der Waals surface area contributed by atoms with E-state index in [0.29, 0.717) is 29.1 Å². The van der Waals surface area contributed by atoms with Crippen molar-refractivity contribution in [2.75, 3.05) is 18.2 Å². The first-order valence-corrected chi connectivity index (χ1v) is 10.5. The third kappa shape index (κ3) is 4.95. The highest BCUT2D eigenvalue weighted by Crippen LogP contribution is 2.29. The lowest BCUT2D eigenvalue weighted by Crippen LogP contribution is -2.15. The predicted octanol–water partition coefficient (Wildman–Crippen LogP) is 4.22. The summed E-state index contributed by atoms with van der Waals surface area (Å²) in [5.41, 5.74) is 2.72. The predicted molar refractivity (Wildman–Crippen MR) is 115 cm³/mol. The van der Waals surface area contributed by atoms with Crippen LogP contribution >= 0.6 is 11.8 Å². The third-order valence-electron chi connectivity index (χ3n) is 4.45. The molecule has 0 bridgehead atoms. The molecule has 0 aliphatic carbocycles. The first kappa shape index (κ1) is 20.9. The van der Waals surface area contributed by atoms with Crippen LogP contribution in [0.5, 0.6) is 5.75 Å². The fraction of sp³-hybridized carbons (Fsp3) is 0.333. The summed E-state index contributed by atoms with van der Waals surface area (Å²) in [4.78, 5) is 16.6. The van der Waals surface area contributed by atoms with E-state index in [1.807, 2.05) is 41.8 Å². The molecule has 1 amide bonds. The summed E-state index contributed by atoms with van der Waals surface area (Å²) in [5.74, 6) is 1.89. The van der Waals surface area contributed by atoms with Gasteiger partial charge in [0, 0.05) is 24.5 Å². The molecule has 0 spiro atoms. The zero-order valence-electron chi connectivity index (χ0n) is 17.0. The Bertz CT molecular complexity index is 972. The van der Waals surface area contributed by atoms with Crippen LogP contribution in [0.15, 0.2) is 47.9 Å². The van der Waals surface area contributed by atoms with Crippen molar-refractivity contribution in [2.24, 2.45) is 0 Å². The SMILES string of the molecule is CCn1c(SCC(=O)Nc2ccc(C(C)C)cc2OC)nnc1-c1cccnc1. The lowest BCUT2D eigenvalue weighted by atomic mass is 10.0. The number of pyridine rings is 1. The van der Waals surface area contributed by atoms with Gasteiger partial charge >= 0.3 is 0 Å². The number of nitrogens with one attached hydrogen (secondary N) is 1. The summed E-state index contributed by atoms with van der Waals surface area (Å²) in [6.07, 6.45) is 3.47. The van der Waals surface area contributed by atoms with E-state index < -0.39 is 0 Å². The number of carbonyl (C=O) groups excluding carboxylic acids is 1. The summed E-state index contributed by atoms with van der Waals surface area (Å²) in [5, 5.41) is 12.1. The second-order valence-corrected chi connectivity index (χ2v) is 7.69. The Labute approximate surface area is 174 Å². The maximum Gasteiger partial charge on any atom is 0.234 e. The van der Waals surface area contributed by atoms with Gasteiger partial charge in [0.15, 0.2) is 11.0 Å². The van der Waals surface area contributed by atoms with Gasteiger partial charge in [0.2, 0.25) is 5.91 Å². The highest BCUT2D eigenvalue weighted by molar-refractivity contribution is 7.99. The van der Waals surface area contributed by atoms with Crippen molar-refractivity contribution >= 4 is 23.4 Å². The third-order valence-corrected chi connectivity index (χ3v) is 5.42. The van der Waals surface area contributed by atoms with Crippen molar-refractivity contribution in [1.82, 2.24) is 19.7 Å². The number of methoxy groups -OCH3 is 1. The Kier molecular flexibility index (Phi) is 6.87. The molecule has 29 heavy (non-hydrogen) atoms. The number of nitrogens with zero attached hydrogens (tertiary/aromatic N) is 4. The minimum absolute atomic E-state index is 0.126. The number of amides is 1. The zero-order valence-corrected chi connectivity index (χ0v) is 17.9. The van der Waals surface area contributed by atoms with Crippen LogP contribution in [0.3, 0.4) is 0 Å². The number of anilines is 1. The molecule has 2 aromatic heterocycles. The number of benzene rings is 1. The lowest BCUT2D eigenvalue weighted by molar-refractivity contribution is -0.113. The van der Waals surface area contributed by atoms with Gasteiger partial charge in [-0.05, 0) is 42.7 Å². The smallest absolute Gasteiger partial charge is 0.234 e. The van der Waals surface area contributed by atoms with Crippen LogP contribution in [-0.2, 0) is 11.3 Å². The summed E-state index contributed by atoms with van der Waals surface area (Å²) >= 11 is 1.35. The van der Waals surface area contributed by atoms with Gasteiger partial charge < -0.3 is 14.6 Å². The first-order valence-electron chi connectivity index (χ1n) is 9.47. The lowest BCUT2D eigenvalue weighted by Gasteiger charge is -2.13. The van der Waals surface area contributed by atoms with Crippen molar-refractivity contribution in [1.29, 1.82) is 0 Å². The summed E-state index contributed by atoms with van der Waals surface area (Å²) < 4.78 is 7.41. The summed E-state index contributed by atoms with van der Waals surface area (Å²) in [6.45, 7) is 6.96. The molecule has 2 heterocycles. The minimum Gasteiger partial charge on any atom is -0.495 e. The molecule has 0 atom stereocenters. The molecule has 1 N–H and O–H groups in total. The van der Waals surface area contributed by atoms with Crippen LogP contribution in [0.2, 0.25) is 0 Å². The van der Waals surface area contributed by atoms with E-state index in [4.69, 9.17) is 4.74 Å². The van der Waals surface area contributed by atoms with Gasteiger partial charge in [-0.2, -0.15) is 0 Å². The first-order chi connectivity index (χ1) is 14.0. The average molecular weight is 412 g/mol. The average Bonchev–Trinajstić information content (AvgIpc) is 3.16. The van der Waals surface area contributed by atoms with Crippen molar-refractivity contribution in [3.05, 3.63) is 48.3 Å². The Morgan fingerprint density at radius 3 is 2.76 bits per heavy atom. The van der Waals surface area contributed by atoms with Crippen molar-refractivity contribution < 1.29 is 9.53 Å². The van der Waals surface area contributed by atoms with Crippen molar-refractivity contribution in [2.45, 2.75) is 38.4 Å². The number of hydrogen-bond acceptors (Lipinski definition) is 6. The van der Waals surface area contributed by atoms with Crippen molar-refractivity contribution in [3.8, 4) is 17.1 Å². The summed E-state index contributed by atoms with van der Waals surface area (Å²) in [7, 11) is 1.60. The molecule has 0 fully saturated rings. The molecule has 0 saturated heterocycles. The molecular formula is C21H25N5O2S. The molecule has 3 aromatic rings. The molecule has 8 heteroatoms. The number of thioether (sulfide) groups is 1. The van der Waals surface area contributed by atoms with Gasteiger partial charge in [-0.15, -0.1) is 10.2 Å². The Balaban J connectivity index is 1.68. The van der Waals surface area contributed by atoms with Gasteiger partial charge in [-0.25, -0.2) is 0 Å². The molecule has 0 radical (unpaired) electrons. The van der Waals surface area contributed by atoms with Crippen LogP contribution < -0.4 is 10.1 Å². The van der Waals surface area contributed by atoms with Crippen LogP contribution in [0.4, 0.5) is 5.69 Å². The fourth-order valence-corrected chi connectivity index (χ4v) is 3.68. The number of rotatable bonds is 8. The highest BCUT2D eigenvalue weighted by atomic mass is 32.2. The molecule has 1 aromatic carbocycles. The molecule has 0 aliphatic heterocycles. The second kappa shape index (κ2) is 9.56. The monoisotopic (exact) mass is 411 g/mol. The van der Waals surface area contributed by atoms with Gasteiger partial charge in [-0.1, -0.05) is 31.7 Å². The molecule has 0 saturated carbocycles. The summed E-state index contributed by atoms with van der Waals surface area (Å²) in [6, 6.07) is 9.65. The van der Waals surface area contributed by atoms with E-state index in [2.05, 4.69) is 34.3 Å². The molecule has 152 valence electrons. The number of ether oxygens (including phenoxy) is 1. The topological polar surface area (TPSA) is 81.9 Å². The van der Waals surface area contributed by atoms with Gasteiger partial charge in [0.05, 0.1) is 18.6 Å². The van der Waals surface area contributed by atoms with E-state index in [-0.39, 0.29) is 11.7 Å². The standard InChI is InChI=1S/C21H25N5O2S/c1-5-26-20(16-7-6-10-22-12-16)24-25-21(26)29-13-19(27)23-17-9-8-15(14(2)3)11-18(17)28-4/h6-12,14H,5,13H2,1-4H3,(H,23,27). The maximum absolute atomic E-state index is 12.5. The van der Waals surface area contributed by atoms with E-state index in [0.717, 1.165) is 17.0 Å². The van der Waals surface area contributed by atoms with Crippen LogP contribution in [0.1, 0.15) is 32.3 Å². The van der Waals surface area contributed by atoms with E-state index in [1.54, 1.807) is 19.5 Å². The fourth-order valence-electron chi connectivity index (χ4n) is 2.88. The molecule has 0 unspecified atom stereocenters. The molecular weight excluding hydrogens is 386 g/mol. The Morgan fingerprint density at radius 1 is 1.28 bits per heavy atom. The van der Waals surface area contributed by atoms with Crippen LogP contribution in [0, 0.1) is 0 Å². The van der Waals surface area contributed by atoms with Gasteiger partial charge in [-0.3, -0.25) is 9.78 Å². The number of hydrogen-bond donors (Lipinski definition) is 1. The molecule has 7 nitrogen and oxygen atoms in total. The zero-order chi connectivity index (χ0) is 20.8. The van der Waals surface area contributed by atoms with Crippen molar-refractivity contribution in [3.63, 3.8) is 0 Å². The van der Waals surface area contributed by atoms with E-state index in [9.17, 15) is 4.79 Å². The van der Waals surface area contributed by atoms with Crippen LogP contribution in [0.25, 0.3) is 11.4 Å². The number of aromatic nitrogens is 4. The molecule has 0 aliphatic rings. The van der Waals surface area contributed by atoms with Gasteiger partial charge in [0.25, 0.3) is 0 Å². The quantitative estimate of drug-likeness (QED) is 0.559. The maximum atomic E-state index is 12.5. The minimum atomic E-state index is -0.126. The Hall–Kier alpha value is -2.87. The second-order valence-electron chi connectivity index (χ2n) is 6.74. The van der Waals surface area contributed by atoms with Gasteiger partial charge in [0.1, 0.15) is 5.75 Å². The molecule has 3 rings (SSSR count).